The minimum Gasteiger partial charge on any atom is -0.494 e. The molecule has 1 aliphatic carbocycles. The van der Waals surface area contributed by atoms with Gasteiger partial charge >= 0.3 is 0 Å². The van der Waals surface area contributed by atoms with E-state index in [-0.39, 0.29) is 6.04 Å². The monoisotopic (exact) mass is 387 g/mol. The summed E-state index contributed by atoms with van der Waals surface area (Å²) in [5.41, 5.74) is 1.75. The number of rotatable bonds is 12. The molecule has 1 aliphatic heterocycles. The first-order valence-corrected chi connectivity index (χ1v) is 11.1. The highest BCUT2D eigenvalue weighted by Gasteiger charge is 2.18. The van der Waals surface area contributed by atoms with E-state index in [1.807, 2.05) is 19.1 Å². The lowest BCUT2D eigenvalue weighted by molar-refractivity contribution is 0.0529. The molecule has 5 nitrogen and oxygen atoms in total. The fourth-order valence-corrected chi connectivity index (χ4v) is 4.20. The first-order chi connectivity index (χ1) is 13.7. The van der Waals surface area contributed by atoms with Crippen molar-refractivity contribution in [2.75, 3.05) is 38.2 Å². The molecule has 1 heterocycles. The quantitative estimate of drug-likeness (QED) is 0.402. The summed E-state index contributed by atoms with van der Waals surface area (Å²) in [4.78, 5) is 2.52. The molecule has 28 heavy (non-hydrogen) atoms. The molecule has 0 radical (unpaired) electrons. The number of nitrogens with zero attached hydrogens (tertiary/aromatic N) is 1. The maximum Gasteiger partial charge on any atom is 0.119 e. The van der Waals surface area contributed by atoms with E-state index < -0.39 is 0 Å². The van der Waals surface area contributed by atoms with Crippen molar-refractivity contribution in [3.05, 3.63) is 24.3 Å². The van der Waals surface area contributed by atoms with Gasteiger partial charge in [0.25, 0.3) is 0 Å². The van der Waals surface area contributed by atoms with Gasteiger partial charge in [-0.15, -0.1) is 0 Å². The van der Waals surface area contributed by atoms with E-state index in [1.165, 1.54) is 51.6 Å². The van der Waals surface area contributed by atoms with E-state index in [2.05, 4.69) is 22.3 Å². The zero-order valence-electron chi connectivity index (χ0n) is 17.4. The molecule has 156 valence electrons. The van der Waals surface area contributed by atoms with Gasteiger partial charge in [0.2, 0.25) is 0 Å². The zero-order chi connectivity index (χ0) is 19.6. The first kappa shape index (κ1) is 21.1. The largest absolute Gasteiger partial charge is 0.494 e. The van der Waals surface area contributed by atoms with Gasteiger partial charge in [-0.2, -0.15) is 0 Å². The summed E-state index contributed by atoms with van der Waals surface area (Å²) >= 11 is 0. The topological polar surface area (TPSA) is 57.6 Å². The Balaban J connectivity index is 1.40. The number of benzene rings is 1. The molecule has 1 unspecified atom stereocenters. The number of hydrogen-bond donors (Lipinski definition) is 2. The van der Waals surface area contributed by atoms with E-state index in [0.717, 1.165) is 31.0 Å². The van der Waals surface area contributed by atoms with Crippen molar-refractivity contribution in [3.63, 3.8) is 0 Å². The summed E-state index contributed by atoms with van der Waals surface area (Å²) in [5, 5.41) is 11.4. The molecule has 1 aromatic rings. The van der Waals surface area contributed by atoms with Gasteiger partial charge in [0.1, 0.15) is 5.75 Å². The Hall–Kier alpha value is -1.59. The zero-order valence-corrected chi connectivity index (χ0v) is 17.4. The smallest absolute Gasteiger partial charge is 0.119 e. The third-order valence-electron chi connectivity index (χ3n) is 5.70. The van der Waals surface area contributed by atoms with Gasteiger partial charge in [-0.1, -0.05) is 12.8 Å². The van der Waals surface area contributed by atoms with E-state index in [4.69, 9.17) is 14.9 Å². The van der Waals surface area contributed by atoms with Gasteiger partial charge in [-0.25, -0.2) is 0 Å². The molecule has 1 saturated carbocycles. The van der Waals surface area contributed by atoms with Gasteiger partial charge in [0.15, 0.2) is 0 Å². The summed E-state index contributed by atoms with van der Waals surface area (Å²) < 4.78 is 12.0. The van der Waals surface area contributed by atoms with Crippen LogP contribution in [0, 0.1) is 5.41 Å². The predicted molar refractivity (Wildman–Crippen MR) is 116 cm³/mol. The van der Waals surface area contributed by atoms with Crippen LogP contribution < -0.4 is 10.1 Å². The minimum atomic E-state index is 0.144. The van der Waals surface area contributed by atoms with Crippen LogP contribution in [-0.2, 0) is 4.74 Å². The molecule has 0 amide bonds. The highest BCUT2D eigenvalue weighted by Crippen LogP contribution is 2.22. The molecule has 0 aromatic heterocycles. The van der Waals surface area contributed by atoms with Crippen LogP contribution in [0.3, 0.4) is 0 Å². The Morgan fingerprint density at radius 3 is 2.54 bits per heavy atom. The van der Waals surface area contributed by atoms with E-state index >= 15 is 0 Å². The SMILES string of the molecule is CC(=N)CC(COC1CCCC1)Nc1ccc(OCCCN2CCCC2)cc1. The number of nitrogens with one attached hydrogen (secondary N) is 2. The van der Waals surface area contributed by atoms with Gasteiger partial charge in [-0.05, 0) is 76.4 Å². The lowest BCUT2D eigenvalue weighted by Crippen LogP contribution is -2.29. The molecule has 3 rings (SSSR count). The summed E-state index contributed by atoms with van der Waals surface area (Å²) in [6.45, 7) is 6.95. The fraction of sp³-hybridized carbons (Fsp3) is 0.696. The van der Waals surface area contributed by atoms with E-state index in [1.54, 1.807) is 0 Å². The van der Waals surface area contributed by atoms with Crippen LogP contribution in [0.15, 0.2) is 24.3 Å². The Morgan fingerprint density at radius 1 is 1.14 bits per heavy atom. The first-order valence-electron chi connectivity index (χ1n) is 11.1. The molecule has 2 fully saturated rings. The summed E-state index contributed by atoms with van der Waals surface area (Å²) in [6.07, 6.45) is 9.82. The van der Waals surface area contributed by atoms with Crippen molar-refractivity contribution >= 4 is 11.4 Å². The van der Waals surface area contributed by atoms with Crippen molar-refractivity contribution in [2.24, 2.45) is 0 Å². The predicted octanol–water partition coefficient (Wildman–Crippen LogP) is 4.72. The van der Waals surface area contributed by atoms with Crippen molar-refractivity contribution in [1.82, 2.24) is 4.90 Å². The molecule has 2 aliphatic rings. The van der Waals surface area contributed by atoms with Gasteiger partial charge in [0.05, 0.1) is 25.4 Å². The summed E-state index contributed by atoms with van der Waals surface area (Å²) in [7, 11) is 0. The second kappa shape index (κ2) is 11.4. The highest BCUT2D eigenvalue weighted by atomic mass is 16.5. The number of hydrogen-bond acceptors (Lipinski definition) is 5. The van der Waals surface area contributed by atoms with Crippen LogP contribution in [0.25, 0.3) is 0 Å². The van der Waals surface area contributed by atoms with Crippen LogP contribution in [0.5, 0.6) is 5.75 Å². The van der Waals surface area contributed by atoms with Gasteiger partial charge < -0.3 is 25.1 Å². The van der Waals surface area contributed by atoms with Gasteiger partial charge in [-0.3, -0.25) is 0 Å². The molecule has 0 spiro atoms. The van der Waals surface area contributed by atoms with Crippen molar-refractivity contribution in [3.8, 4) is 5.75 Å². The third-order valence-corrected chi connectivity index (χ3v) is 5.70. The van der Waals surface area contributed by atoms with Crippen molar-refractivity contribution in [2.45, 2.75) is 70.4 Å². The molecule has 1 aromatic carbocycles. The standard InChI is InChI=1S/C23H37N3O2/c1-19(24)17-21(18-28-22-7-2-3-8-22)25-20-9-11-23(12-10-20)27-16-6-15-26-13-4-5-14-26/h9-12,21-22,24-25H,2-8,13-18H2,1H3. The summed E-state index contributed by atoms with van der Waals surface area (Å²) in [5.74, 6) is 0.925. The number of likely N-dealkylation sites (tertiary alicyclic amines) is 1. The van der Waals surface area contributed by atoms with E-state index in [9.17, 15) is 0 Å². The van der Waals surface area contributed by atoms with Crippen molar-refractivity contribution < 1.29 is 9.47 Å². The van der Waals surface area contributed by atoms with Crippen LogP contribution in [0.4, 0.5) is 5.69 Å². The average molecular weight is 388 g/mol. The highest BCUT2D eigenvalue weighted by molar-refractivity contribution is 5.79. The Morgan fingerprint density at radius 2 is 1.86 bits per heavy atom. The molecule has 1 saturated heterocycles. The summed E-state index contributed by atoms with van der Waals surface area (Å²) in [6, 6.07) is 8.34. The lowest BCUT2D eigenvalue weighted by atomic mass is 10.1. The molecular weight excluding hydrogens is 350 g/mol. The number of ether oxygens (including phenoxy) is 2. The van der Waals surface area contributed by atoms with Gasteiger partial charge in [0, 0.05) is 24.4 Å². The molecule has 0 bridgehead atoms. The Kier molecular flexibility index (Phi) is 8.62. The minimum absolute atomic E-state index is 0.144. The second-order valence-corrected chi connectivity index (χ2v) is 8.34. The fourth-order valence-electron chi connectivity index (χ4n) is 4.20. The van der Waals surface area contributed by atoms with Crippen molar-refractivity contribution in [1.29, 1.82) is 5.41 Å². The van der Waals surface area contributed by atoms with Crippen LogP contribution in [0.2, 0.25) is 0 Å². The molecule has 1 atom stereocenters. The maximum atomic E-state index is 7.85. The third kappa shape index (κ3) is 7.44. The molecular formula is C23H37N3O2. The second-order valence-electron chi connectivity index (χ2n) is 8.34. The number of anilines is 1. The molecule has 5 heteroatoms. The maximum absolute atomic E-state index is 7.85. The van der Waals surface area contributed by atoms with Crippen LogP contribution in [-0.4, -0.2) is 55.6 Å². The Bertz CT molecular complexity index is 578. The van der Waals surface area contributed by atoms with E-state index in [0.29, 0.717) is 24.8 Å². The van der Waals surface area contributed by atoms with Crippen LogP contribution >= 0.6 is 0 Å². The lowest BCUT2D eigenvalue weighted by Gasteiger charge is -2.22. The average Bonchev–Trinajstić information content (AvgIpc) is 3.38. The molecule has 2 N–H and O–H groups in total. The van der Waals surface area contributed by atoms with Crippen LogP contribution in [0.1, 0.15) is 58.3 Å². The Labute approximate surface area is 170 Å². The normalized spacial score (nSPS) is 19.0.